The molecule has 1 aliphatic rings. The van der Waals surface area contributed by atoms with Gasteiger partial charge in [-0.1, -0.05) is 19.9 Å². The van der Waals surface area contributed by atoms with Crippen LogP contribution in [-0.4, -0.2) is 19.7 Å². The third-order valence-electron chi connectivity index (χ3n) is 4.10. The van der Waals surface area contributed by atoms with E-state index in [1.807, 2.05) is 13.0 Å². The third-order valence-corrected chi connectivity index (χ3v) is 4.10. The van der Waals surface area contributed by atoms with Crippen molar-refractivity contribution >= 4 is 5.69 Å². The van der Waals surface area contributed by atoms with Gasteiger partial charge in [0.25, 0.3) is 0 Å². The summed E-state index contributed by atoms with van der Waals surface area (Å²) in [5, 5.41) is 0. The lowest BCUT2D eigenvalue weighted by molar-refractivity contribution is 0.406. The van der Waals surface area contributed by atoms with E-state index in [1.165, 1.54) is 18.5 Å². The quantitative estimate of drug-likeness (QED) is 0.904. The van der Waals surface area contributed by atoms with Gasteiger partial charge in [-0.25, -0.2) is 0 Å². The van der Waals surface area contributed by atoms with Crippen molar-refractivity contribution in [1.29, 1.82) is 0 Å². The van der Waals surface area contributed by atoms with Gasteiger partial charge >= 0.3 is 0 Å². The molecule has 0 aromatic heterocycles. The molecule has 106 valence electrons. The van der Waals surface area contributed by atoms with Gasteiger partial charge in [-0.05, 0) is 37.8 Å². The molecule has 1 heterocycles. The molecule has 3 heteroatoms. The second-order valence-electron chi connectivity index (χ2n) is 5.83. The normalized spacial score (nSPS) is 20.9. The summed E-state index contributed by atoms with van der Waals surface area (Å²) >= 11 is 0. The molecule has 2 unspecified atom stereocenters. The van der Waals surface area contributed by atoms with Crippen molar-refractivity contribution in [1.82, 2.24) is 0 Å². The molecule has 0 spiro atoms. The van der Waals surface area contributed by atoms with Crippen LogP contribution in [0.4, 0.5) is 5.69 Å². The number of ether oxygens (including phenoxy) is 1. The minimum Gasteiger partial charge on any atom is -0.496 e. The highest BCUT2D eigenvalue weighted by Crippen LogP contribution is 2.38. The van der Waals surface area contributed by atoms with Gasteiger partial charge in [0, 0.05) is 29.9 Å². The monoisotopic (exact) mass is 262 g/mol. The largest absolute Gasteiger partial charge is 0.496 e. The topological polar surface area (TPSA) is 38.5 Å². The fourth-order valence-electron chi connectivity index (χ4n) is 3.20. The molecule has 3 nitrogen and oxygen atoms in total. The number of benzene rings is 1. The molecule has 2 atom stereocenters. The van der Waals surface area contributed by atoms with Crippen LogP contribution in [0.2, 0.25) is 0 Å². The van der Waals surface area contributed by atoms with Gasteiger partial charge < -0.3 is 15.4 Å². The molecular formula is C16H26N2O. The maximum Gasteiger partial charge on any atom is 0.125 e. The Morgan fingerprint density at radius 3 is 2.63 bits per heavy atom. The Hall–Kier alpha value is -1.22. The molecule has 0 radical (unpaired) electrons. The first-order valence-electron chi connectivity index (χ1n) is 7.25. The number of hydrogen-bond acceptors (Lipinski definition) is 3. The Morgan fingerprint density at radius 1 is 1.32 bits per heavy atom. The van der Waals surface area contributed by atoms with E-state index >= 15 is 0 Å². The van der Waals surface area contributed by atoms with E-state index in [-0.39, 0.29) is 6.04 Å². The summed E-state index contributed by atoms with van der Waals surface area (Å²) in [5.41, 5.74) is 8.57. The Labute approximate surface area is 116 Å². The van der Waals surface area contributed by atoms with Crippen LogP contribution in [0, 0.1) is 5.92 Å². The summed E-state index contributed by atoms with van der Waals surface area (Å²) in [4.78, 5) is 2.52. The zero-order chi connectivity index (χ0) is 14.0. The summed E-state index contributed by atoms with van der Waals surface area (Å²) in [6.07, 6.45) is 2.53. The predicted octanol–water partition coefficient (Wildman–Crippen LogP) is 3.34. The van der Waals surface area contributed by atoms with Crippen LogP contribution >= 0.6 is 0 Å². The fourth-order valence-corrected chi connectivity index (χ4v) is 3.20. The number of nitrogens with zero attached hydrogens (tertiary/aromatic N) is 1. The van der Waals surface area contributed by atoms with Crippen LogP contribution in [0.1, 0.15) is 45.2 Å². The highest BCUT2D eigenvalue weighted by Gasteiger charge is 2.30. The van der Waals surface area contributed by atoms with Crippen molar-refractivity contribution in [2.45, 2.75) is 45.7 Å². The summed E-state index contributed by atoms with van der Waals surface area (Å²) in [6.45, 7) is 7.75. The minimum absolute atomic E-state index is 0.0143. The highest BCUT2D eigenvalue weighted by molar-refractivity contribution is 5.62. The van der Waals surface area contributed by atoms with Gasteiger partial charge in [0.1, 0.15) is 5.75 Å². The molecule has 1 fully saturated rings. The van der Waals surface area contributed by atoms with Crippen LogP contribution in [0.25, 0.3) is 0 Å². The molecule has 1 aliphatic heterocycles. The summed E-state index contributed by atoms with van der Waals surface area (Å²) in [6, 6.07) is 6.85. The molecule has 2 rings (SSSR count). The lowest BCUT2D eigenvalue weighted by Crippen LogP contribution is -2.34. The van der Waals surface area contributed by atoms with Crippen molar-refractivity contribution < 1.29 is 4.74 Å². The third kappa shape index (κ3) is 2.71. The average molecular weight is 262 g/mol. The second kappa shape index (κ2) is 5.83. The summed E-state index contributed by atoms with van der Waals surface area (Å²) in [7, 11) is 1.72. The summed E-state index contributed by atoms with van der Waals surface area (Å²) < 4.78 is 5.50. The Balaban J connectivity index is 2.44. The first-order valence-corrected chi connectivity index (χ1v) is 7.25. The van der Waals surface area contributed by atoms with Gasteiger partial charge in [0.05, 0.1) is 7.11 Å². The van der Waals surface area contributed by atoms with Crippen molar-refractivity contribution in [3.8, 4) is 5.75 Å². The molecule has 2 N–H and O–H groups in total. The van der Waals surface area contributed by atoms with Gasteiger partial charge in [-0.15, -0.1) is 0 Å². The van der Waals surface area contributed by atoms with Crippen molar-refractivity contribution in [2.75, 3.05) is 18.6 Å². The molecule has 0 saturated carbocycles. The minimum atomic E-state index is -0.0143. The maximum absolute atomic E-state index is 6.17. The van der Waals surface area contributed by atoms with E-state index in [4.69, 9.17) is 10.5 Å². The van der Waals surface area contributed by atoms with Crippen molar-refractivity contribution in [3.05, 3.63) is 23.8 Å². The second-order valence-corrected chi connectivity index (χ2v) is 5.83. The van der Waals surface area contributed by atoms with Crippen LogP contribution < -0.4 is 15.4 Å². The number of anilines is 1. The molecule has 0 amide bonds. The van der Waals surface area contributed by atoms with Crippen LogP contribution in [-0.2, 0) is 0 Å². The van der Waals surface area contributed by atoms with Gasteiger partial charge in [0.2, 0.25) is 0 Å². The van der Waals surface area contributed by atoms with E-state index in [9.17, 15) is 0 Å². The number of rotatable bonds is 4. The maximum atomic E-state index is 6.17. The Kier molecular flexibility index (Phi) is 4.35. The van der Waals surface area contributed by atoms with Crippen molar-refractivity contribution in [2.24, 2.45) is 11.7 Å². The fraction of sp³-hybridized carbons (Fsp3) is 0.625. The van der Waals surface area contributed by atoms with Gasteiger partial charge in [-0.2, -0.15) is 0 Å². The number of nitrogens with two attached hydrogens (primary N) is 1. The van der Waals surface area contributed by atoms with E-state index in [2.05, 4.69) is 30.9 Å². The van der Waals surface area contributed by atoms with E-state index < -0.39 is 0 Å². The van der Waals surface area contributed by atoms with Crippen molar-refractivity contribution in [3.63, 3.8) is 0 Å². The zero-order valence-corrected chi connectivity index (χ0v) is 12.5. The lowest BCUT2D eigenvalue weighted by Gasteiger charge is -2.32. The molecule has 0 aliphatic carbocycles. The molecule has 1 saturated heterocycles. The van der Waals surface area contributed by atoms with Gasteiger partial charge in [0.15, 0.2) is 0 Å². The van der Waals surface area contributed by atoms with E-state index in [1.54, 1.807) is 7.11 Å². The standard InChI is InChI=1S/C16H26N2O/c1-11(2)13-8-6-10-18(13)14-7-5-9-15(19-4)16(14)12(3)17/h5,7,9,11-13H,6,8,10,17H2,1-4H3. The average Bonchev–Trinajstić information content (AvgIpc) is 2.86. The number of hydrogen-bond donors (Lipinski definition) is 1. The SMILES string of the molecule is COc1cccc(N2CCCC2C(C)C)c1C(C)N. The Morgan fingerprint density at radius 2 is 2.05 bits per heavy atom. The zero-order valence-electron chi connectivity index (χ0n) is 12.5. The van der Waals surface area contributed by atoms with Crippen LogP contribution in [0.15, 0.2) is 18.2 Å². The molecule has 0 bridgehead atoms. The Bertz CT molecular complexity index is 429. The predicted molar refractivity (Wildman–Crippen MR) is 80.8 cm³/mol. The molecule has 1 aromatic carbocycles. The van der Waals surface area contributed by atoms with E-state index in [0.29, 0.717) is 12.0 Å². The lowest BCUT2D eigenvalue weighted by atomic mass is 9.99. The molecular weight excluding hydrogens is 236 g/mol. The highest BCUT2D eigenvalue weighted by atomic mass is 16.5. The smallest absolute Gasteiger partial charge is 0.125 e. The number of methoxy groups -OCH3 is 1. The van der Waals surface area contributed by atoms with Crippen LogP contribution in [0.5, 0.6) is 5.75 Å². The summed E-state index contributed by atoms with van der Waals surface area (Å²) in [5.74, 6) is 1.57. The van der Waals surface area contributed by atoms with E-state index in [0.717, 1.165) is 17.9 Å². The molecule has 1 aromatic rings. The molecule has 19 heavy (non-hydrogen) atoms. The first-order chi connectivity index (χ1) is 9.06. The van der Waals surface area contributed by atoms with Crippen LogP contribution in [0.3, 0.4) is 0 Å². The first kappa shape index (κ1) is 14.2. The van der Waals surface area contributed by atoms with Gasteiger partial charge in [-0.3, -0.25) is 0 Å².